The van der Waals surface area contributed by atoms with Gasteiger partial charge in [0.15, 0.2) is 5.11 Å². The zero-order valence-corrected chi connectivity index (χ0v) is 13.1. The molecule has 0 spiro atoms. The molecule has 1 aromatic heterocycles. The van der Waals surface area contributed by atoms with Gasteiger partial charge in [-0.2, -0.15) is 0 Å². The summed E-state index contributed by atoms with van der Waals surface area (Å²) in [6, 6.07) is 9.43. The van der Waals surface area contributed by atoms with Crippen molar-refractivity contribution in [2.45, 2.75) is 13.5 Å². The maximum Gasteiger partial charge on any atom is 0.172 e. The van der Waals surface area contributed by atoms with Crippen LogP contribution in [0.3, 0.4) is 0 Å². The SMILES string of the molecule is Cc1cc(NC(=S)NCc2ccc(Cl)cc2)ncc1Cl. The van der Waals surface area contributed by atoms with Gasteiger partial charge < -0.3 is 10.6 Å². The molecule has 20 heavy (non-hydrogen) atoms. The molecular weight excluding hydrogens is 313 g/mol. The van der Waals surface area contributed by atoms with Gasteiger partial charge in [0.25, 0.3) is 0 Å². The fraction of sp³-hybridized carbons (Fsp3) is 0.143. The van der Waals surface area contributed by atoms with Crippen LogP contribution in [0, 0.1) is 6.92 Å². The van der Waals surface area contributed by atoms with E-state index in [0.29, 0.717) is 22.5 Å². The minimum absolute atomic E-state index is 0.508. The quantitative estimate of drug-likeness (QED) is 0.830. The number of halogens is 2. The standard InChI is InChI=1S/C14H13Cl2N3S/c1-9-6-13(17-8-12(9)16)19-14(20)18-7-10-2-4-11(15)5-3-10/h2-6,8H,7H2,1H3,(H2,17,18,19,20). The van der Waals surface area contributed by atoms with Gasteiger partial charge >= 0.3 is 0 Å². The second kappa shape index (κ2) is 6.88. The summed E-state index contributed by atoms with van der Waals surface area (Å²) in [6.07, 6.45) is 1.60. The number of aromatic nitrogens is 1. The summed E-state index contributed by atoms with van der Waals surface area (Å²) in [5.41, 5.74) is 2.04. The van der Waals surface area contributed by atoms with E-state index in [-0.39, 0.29) is 0 Å². The van der Waals surface area contributed by atoms with Crippen LogP contribution in [0.4, 0.5) is 5.82 Å². The van der Waals surface area contributed by atoms with Crippen LogP contribution in [0.5, 0.6) is 0 Å². The normalized spacial score (nSPS) is 10.2. The minimum Gasteiger partial charge on any atom is -0.358 e. The van der Waals surface area contributed by atoms with Gasteiger partial charge in [0.1, 0.15) is 5.82 Å². The maximum atomic E-state index is 5.92. The van der Waals surface area contributed by atoms with Gasteiger partial charge in [-0.25, -0.2) is 4.98 Å². The van der Waals surface area contributed by atoms with E-state index in [1.807, 2.05) is 37.3 Å². The lowest BCUT2D eigenvalue weighted by Gasteiger charge is -2.10. The topological polar surface area (TPSA) is 37.0 Å². The molecule has 0 amide bonds. The Morgan fingerprint density at radius 3 is 2.60 bits per heavy atom. The van der Waals surface area contributed by atoms with Gasteiger partial charge in [-0.1, -0.05) is 35.3 Å². The zero-order valence-electron chi connectivity index (χ0n) is 10.8. The van der Waals surface area contributed by atoms with Crippen LogP contribution in [0.1, 0.15) is 11.1 Å². The Kier molecular flexibility index (Phi) is 5.17. The number of thiocarbonyl (C=S) groups is 1. The molecular formula is C14H13Cl2N3S. The van der Waals surface area contributed by atoms with Crippen molar-refractivity contribution in [2.24, 2.45) is 0 Å². The number of nitrogens with zero attached hydrogens (tertiary/aromatic N) is 1. The van der Waals surface area contributed by atoms with E-state index in [1.54, 1.807) is 6.20 Å². The number of hydrogen-bond acceptors (Lipinski definition) is 2. The van der Waals surface area contributed by atoms with Crippen molar-refractivity contribution in [3.05, 3.63) is 57.7 Å². The second-order valence-electron chi connectivity index (χ2n) is 4.25. The summed E-state index contributed by atoms with van der Waals surface area (Å²) in [5.74, 6) is 0.667. The summed E-state index contributed by atoms with van der Waals surface area (Å²) < 4.78 is 0. The van der Waals surface area contributed by atoms with Crippen molar-refractivity contribution in [2.75, 3.05) is 5.32 Å². The molecule has 0 saturated heterocycles. The summed E-state index contributed by atoms with van der Waals surface area (Å²) in [4.78, 5) is 4.16. The third-order valence-electron chi connectivity index (χ3n) is 2.65. The van der Waals surface area contributed by atoms with Crippen LogP contribution in [-0.2, 0) is 6.54 Å². The summed E-state index contributed by atoms with van der Waals surface area (Å²) in [5, 5.41) is 7.98. The average Bonchev–Trinajstić information content (AvgIpc) is 2.42. The molecule has 0 aliphatic rings. The highest BCUT2D eigenvalue weighted by Crippen LogP contribution is 2.16. The van der Waals surface area contributed by atoms with Crippen LogP contribution in [0.15, 0.2) is 36.5 Å². The molecule has 2 aromatic rings. The van der Waals surface area contributed by atoms with E-state index in [9.17, 15) is 0 Å². The summed E-state index contributed by atoms with van der Waals surface area (Å²) in [7, 11) is 0. The first kappa shape index (κ1) is 15.0. The minimum atomic E-state index is 0.508. The Bertz CT molecular complexity index is 614. The fourth-order valence-electron chi connectivity index (χ4n) is 1.55. The number of benzene rings is 1. The molecule has 0 aliphatic carbocycles. The van der Waals surface area contributed by atoms with E-state index < -0.39 is 0 Å². The van der Waals surface area contributed by atoms with Gasteiger partial charge in [-0.15, -0.1) is 0 Å². The second-order valence-corrected chi connectivity index (χ2v) is 5.50. The number of anilines is 1. The first-order valence-electron chi connectivity index (χ1n) is 5.96. The summed E-state index contributed by atoms with van der Waals surface area (Å²) >= 11 is 17.0. The van der Waals surface area contributed by atoms with Crippen molar-refractivity contribution in [3.63, 3.8) is 0 Å². The predicted molar refractivity (Wildman–Crippen MR) is 88.5 cm³/mol. The van der Waals surface area contributed by atoms with Crippen molar-refractivity contribution >= 4 is 46.4 Å². The highest BCUT2D eigenvalue weighted by Gasteiger charge is 2.02. The lowest BCUT2D eigenvalue weighted by Crippen LogP contribution is -2.28. The summed E-state index contributed by atoms with van der Waals surface area (Å²) in [6.45, 7) is 2.54. The molecule has 0 aliphatic heterocycles. The highest BCUT2D eigenvalue weighted by atomic mass is 35.5. The van der Waals surface area contributed by atoms with Gasteiger partial charge in [0, 0.05) is 17.8 Å². The lowest BCUT2D eigenvalue weighted by atomic mass is 10.2. The molecule has 1 heterocycles. The van der Waals surface area contributed by atoms with Crippen LogP contribution in [0.2, 0.25) is 10.0 Å². The lowest BCUT2D eigenvalue weighted by molar-refractivity contribution is 0.925. The molecule has 104 valence electrons. The Morgan fingerprint density at radius 2 is 1.95 bits per heavy atom. The van der Waals surface area contributed by atoms with Gasteiger partial charge in [-0.05, 0) is 48.5 Å². The Morgan fingerprint density at radius 1 is 1.25 bits per heavy atom. The predicted octanol–water partition coefficient (Wildman–Crippen LogP) is 4.18. The number of aryl methyl sites for hydroxylation is 1. The molecule has 0 fully saturated rings. The van der Waals surface area contributed by atoms with Gasteiger partial charge in [0.2, 0.25) is 0 Å². The molecule has 2 rings (SSSR count). The monoisotopic (exact) mass is 325 g/mol. The molecule has 2 N–H and O–H groups in total. The van der Waals surface area contributed by atoms with Crippen molar-refractivity contribution in [3.8, 4) is 0 Å². The van der Waals surface area contributed by atoms with Crippen molar-refractivity contribution in [1.29, 1.82) is 0 Å². The Hall–Kier alpha value is -1.36. The van der Waals surface area contributed by atoms with Crippen molar-refractivity contribution < 1.29 is 0 Å². The van der Waals surface area contributed by atoms with E-state index in [1.165, 1.54) is 0 Å². The third-order valence-corrected chi connectivity index (χ3v) is 3.55. The molecule has 0 atom stereocenters. The van der Waals surface area contributed by atoms with E-state index in [4.69, 9.17) is 35.4 Å². The molecule has 0 unspecified atom stereocenters. The number of rotatable bonds is 3. The smallest absolute Gasteiger partial charge is 0.172 e. The van der Waals surface area contributed by atoms with Crippen LogP contribution < -0.4 is 10.6 Å². The molecule has 1 aromatic carbocycles. The number of nitrogens with one attached hydrogen (secondary N) is 2. The van der Waals surface area contributed by atoms with E-state index in [2.05, 4.69) is 15.6 Å². The Labute approximate surface area is 133 Å². The first-order chi connectivity index (χ1) is 9.54. The number of pyridine rings is 1. The van der Waals surface area contributed by atoms with Crippen LogP contribution in [0.25, 0.3) is 0 Å². The average molecular weight is 326 g/mol. The maximum absolute atomic E-state index is 5.92. The van der Waals surface area contributed by atoms with Crippen LogP contribution >= 0.6 is 35.4 Å². The zero-order chi connectivity index (χ0) is 14.5. The molecule has 0 saturated carbocycles. The molecule has 3 nitrogen and oxygen atoms in total. The largest absolute Gasteiger partial charge is 0.358 e. The fourth-order valence-corrected chi connectivity index (χ4v) is 1.96. The Balaban J connectivity index is 1.89. The number of hydrogen-bond donors (Lipinski definition) is 2. The van der Waals surface area contributed by atoms with E-state index >= 15 is 0 Å². The molecule has 0 radical (unpaired) electrons. The first-order valence-corrected chi connectivity index (χ1v) is 7.12. The van der Waals surface area contributed by atoms with E-state index in [0.717, 1.165) is 16.1 Å². The van der Waals surface area contributed by atoms with Crippen LogP contribution in [-0.4, -0.2) is 10.1 Å². The highest BCUT2D eigenvalue weighted by molar-refractivity contribution is 7.80. The van der Waals surface area contributed by atoms with Crippen molar-refractivity contribution in [1.82, 2.24) is 10.3 Å². The molecule has 6 heteroatoms. The third kappa shape index (κ3) is 4.34. The van der Waals surface area contributed by atoms with Gasteiger partial charge in [-0.3, -0.25) is 0 Å². The molecule has 0 bridgehead atoms. The van der Waals surface area contributed by atoms with Gasteiger partial charge in [0.05, 0.1) is 5.02 Å².